The van der Waals surface area contributed by atoms with Crippen molar-refractivity contribution in [2.45, 2.75) is 135 Å². The first-order chi connectivity index (χ1) is 19.0. The van der Waals surface area contributed by atoms with Crippen LogP contribution in [-0.2, 0) is 28.5 Å². The van der Waals surface area contributed by atoms with E-state index in [9.17, 15) is 9.90 Å². The summed E-state index contributed by atoms with van der Waals surface area (Å²) in [7, 11) is 1.42. The smallest absolute Gasteiger partial charge is 0.305 e. The normalized spacial score (nSPS) is 31.6. The molecule has 0 aromatic carbocycles. The number of unbranched alkanes of at least 4 members (excludes halogenated alkanes) is 1. The Bertz CT molecular complexity index is 726. The van der Waals surface area contributed by atoms with Crippen molar-refractivity contribution in [3.8, 4) is 0 Å². The van der Waals surface area contributed by atoms with Crippen LogP contribution in [0.25, 0.3) is 0 Å². The second-order valence-electron chi connectivity index (χ2n) is 11.7. The van der Waals surface area contributed by atoms with E-state index in [4.69, 9.17) is 23.7 Å². The van der Waals surface area contributed by atoms with Crippen molar-refractivity contribution in [3.05, 3.63) is 24.3 Å². The van der Waals surface area contributed by atoms with E-state index in [1.165, 1.54) is 13.5 Å². The molecule has 0 amide bonds. The number of methoxy groups -OCH3 is 1. The van der Waals surface area contributed by atoms with Crippen LogP contribution in [0.3, 0.4) is 0 Å². The fourth-order valence-electron chi connectivity index (χ4n) is 6.13. The molecule has 3 rings (SSSR count). The molecule has 2 heterocycles. The van der Waals surface area contributed by atoms with Crippen LogP contribution >= 0.6 is 0 Å². The standard InChI is InChI=1S/C32H54O7/c1-4-13-24(2)22-25(38-31-16-9-11-20-36-31)18-19-27-26(14-7-5-6-8-15-30(34)35-3)28(33)23-29(27)39-32-17-10-12-21-37-32/h5,7,18-19,24-29,31-33H,4,6,8-17,20-23H2,1-3H3/b7-5-,19-18+/t24-,25+,26+,27+,28-,29+,31?,32?/m0/s1. The Morgan fingerprint density at radius 2 is 1.82 bits per heavy atom. The summed E-state index contributed by atoms with van der Waals surface area (Å²) in [4.78, 5) is 11.4. The zero-order chi connectivity index (χ0) is 27.9. The molecule has 224 valence electrons. The first-order valence-corrected chi connectivity index (χ1v) is 15.6. The highest BCUT2D eigenvalue weighted by Gasteiger charge is 2.42. The molecule has 0 bridgehead atoms. The lowest BCUT2D eigenvalue weighted by molar-refractivity contribution is -0.193. The van der Waals surface area contributed by atoms with E-state index in [1.807, 2.05) is 0 Å². The molecule has 7 heteroatoms. The van der Waals surface area contributed by atoms with E-state index in [2.05, 4.69) is 38.2 Å². The Kier molecular flexibility index (Phi) is 15.1. The Labute approximate surface area is 236 Å². The van der Waals surface area contributed by atoms with Crippen molar-refractivity contribution in [1.82, 2.24) is 0 Å². The molecule has 2 aliphatic heterocycles. The van der Waals surface area contributed by atoms with Gasteiger partial charge in [-0.05, 0) is 76.0 Å². The van der Waals surface area contributed by atoms with Gasteiger partial charge in [0, 0.05) is 32.0 Å². The SMILES string of the molecule is CCC[C@H](C)C[C@@H](/C=C/[C@@H]1[C@@H](C/C=C\CCCC(=O)OC)[C@@H](O)C[C@H]1OC1CCCCO1)OC1CCCCO1. The van der Waals surface area contributed by atoms with Crippen LogP contribution in [0, 0.1) is 17.8 Å². The Morgan fingerprint density at radius 3 is 2.49 bits per heavy atom. The number of hydrogen-bond acceptors (Lipinski definition) is 7. The number of aliphatic hydroxyl groups is 1. The summed E-state index contributed by atoms with van der Waals surface area (Å²) in [5.41, 5.74) is 0. The Balaban J connectivity index is 1.68. The van der Waals surface area contributed by atoms with Gasteiger partial charge in [0.25, 0.3) is 0 Å². The predicted molar refractivity (Wildman–Crippen MR) is 152 cm³/mol. The Hall–Kier alpha value is -1.25. The van der Waals surface area contributed by atoms with E-state index in [-0.39, 0.29) is 42.6 Å². The summed E-state index contributed by atoms with van der Waals surface area (Å²) in [6.07, 6.45) is 20.9. The average molecular weight is 551 g/mol. The van der Waals surface area contributed by atoms with Gasteiger partial charge in [0.1, 0.15) is 0 Å². The molecule has 0 aromatic heterocycles. The third-order valence-corrected chi connectivity index (χ3v) is 8.34. The number of allylic oxidation sites excluding steroid dienone is 2. The van der Waals surface area contributed by atoms with Crippen LogP contribution in [0.4, 0.5) is 0 Å². The minimum Gasteiger partial charge on any atom is -0.469 e. The average Bonchev–Trinajstić information content (AvgIpc) is 3.23. The molecular formula is C32H54O7. The zero-order valence-corrected chi connectivity index (χ0v) is 24.6. The second-order valence-corrected chi connectivity index (χ2v) is 11.7. The quantitative estimate of drug-likeness (QED) is 0.134. The first-order valence-electron chi connectivity index (χ1n) is 15.6. The van der Waals surface area contributed by atoms with Crippen LogP contribution < -0.4 is 0 Å². The van der Waals surface area contributed by atoms with Crippen molar-refractivity contribution in [1.29, 1.82) is 0 Å². The summed E-state index contributed by atoms with van der Waals surface area (Å²) in [5, 5.41) is 11.1. The predicted octanol–water partition coefficient (Wildman–Crippen LogP) is 6.48. The molecule has 0 spiro atoms. The van der Waals surface area contributed by atoms with Gasteiger partial charge in [-0.1, -0.05) is 51.0 Å². The lowest BCUT2D eigenvalue weighted by Crippen LogP contribution is -2.31. The van der Waals surface area contributed by atoms with Crippen molar-refractivity contribution in [2.75, 3.05) is 20.3 Å². The van der Waals surface area contributed by atoms with E-state index in [0.29, 0.717) is 18.8 Å². The van der Waals surface area contributed by atoms with Crippen LogP contribution in [0.1, 0.15) is 104 Å². The molecule has 2 saturated heterocycles. The maximum absolute atomic E-state index is 11.4. The summed E-state index contributed by atoms with van der Waals surface area (Å²) >= 11 is 0. The van der Waals surface area contributed by atoms with Gasteiger partial charge in [0.2, 0.25) is 0 Å². The van der Waals surface area contributed by atoms with E-state index >= 15 is 0 Å². The minimum absolute atomic E-state index is 0.0199. The largest absolute Gasteiger partial charge is 0.469 e. The Morgan fingerprint density at radius 1 is 1.08 bits per heavy atom. The van der Waals surface area contributed by atoms with E-state index in [0.717, 1.165) is 83.8 Å². The van der Waals surface area contributed by atoms with Crippen LogP contribution in [-0.4, -0.2) is 62.3 Å². The molecule has 39 heavy (non-hydrogen) atoms. The molecule has 8 atom stereocenters. The summed E-state index contributed by atoms with van der Waals surface area (Å²) in [5.74, 6) is 0.527. The van der Waals surface area contributed by atoms with Crippen molar-refractivity contribution >= 4 is 5.97 Å². The molecular weight excluding hydrogens is 496 g/mol. The van der Waals surface area contributed by atoms with Crippen LogP contribution in [0.15, 0.2) is 24.3 Å². The van der Waals surface area contributed by atoms with Crippen LogP contribution in [0.5, 0.6) is 0 Å². The number of hydrogen-bond donors (Lipinski definition) is 1. The highest BCUT2D eigenvalue weighted by atomic mass is 16.7. The number of carbonyl (C=O) groups is 1. The first kappa shape index (κ1) is 32.3. The molecule has 1 N–H and O–H groups in total. The second kappa shape index (κ2) is 18.2. The number of carbonyl (C=O) groups excluding carboxylic acids is 1. The maximum Gasteiger partial charge on any atom is 0.305 e. The molecule has 7 nitrogen and oxygen atoms in total. The van der Waals surface area contributed by atoms with Gasteiger partial charge in [-0.3, -0.25) is 4.79 Å². The van der Waals surface area contributed by atoms with Crippen molar-refractivity contribution in [2.24, 2.45) is 17.8 Å². The number of aliphatic hydroxyl groups excluding tert-OH is 1. The van der Waals surface area contributed by atoms with Crippen LogP contribution in [0.2, 0.25) is 0 Å². The highest BCUT2D eigenvalue weighted by molar-refractivity contribution is 5.69. The fourth-order valence-corrected chi connectivity index (χ4v) is 6.13. The third kappa shape index (κ3) is 11.6. The van der Waals surface area contributed by atoms with Gasteiger partial charge < -0.3 is 28.8 Å². The van der Waals surface area contributed by atoms with Gasteiger partial charge in [-0.2, -0.15) is 0 Å². The lowest BCUT2D eigenvalue weighted by atomic mass is 9.89. The molecule has 3 fully saturated rings. The lowest BCUT2D eigenvalue weighted by Gasteiger charge is -2.30. The highest BCUT2D eigenvalue weighted by Crippen LogP contribution is 2.40. The summed E-state index contributed by atoms with van der Waals surface area (Å²) in [6.45, 7) is 6.04. The molecule has 0 aromatic rings. The number of esters is 1. The fraction of sp³-hybridized carbons (Fsp3) is 0.844. The van der Waals surface area contributed by atoms with Gasteiger partial charge in [0.05, 0.1) is 25.4 Å². The van der Waals surface area contributed by atoms with Crippen molar-refractivity contribution in [3.63, 3.8) is 0 Å². The molecule has 0 radical (unpaired) electrons. The van der Waals surface area contributed by atoms with Gasteiger partial charge in [0.15, 0.2) is 12.6 Å². The molecule has 3 aliphatic rings. The molecule has 2 unspecified atom stereocenters. The monoisotopic (exact) mass is 550 g/mol. The summed E-state index contributed by atoms with van der Waals surface area (Å²) < 4.78 is 29.5. The van der Waals surface area contributed by atoms with Crippen molar-refractivity contribution < 1.29 is 33.6 Å². The van der Waals surface area contributed by atoms with Gasteiger partial charge in [-0.25, -0.2) is 0 Å². The number of rotatable bonds is 16. The van der Waals surface area contributed by atoms with Gasteiger partial charge >= 0.3 is 5.97 Å². The van der Waals surface area contributed by atoms with Gasteiger partial charge in [-0.15, -0.1) is 0 Å². The molecule has 1 saturated carbocycles. The zero-order valence-electron chi connectivity index (χ0n) is 24.6. The third-order valence-electron chi connectivity index (χ3n) is 8.34. The number of ether oxygens (including phenoxy) is 5. The maximum atomic E-state index is 11.4. The molecule has 1 aliphatic carbocycles. The summed E-state index contributed by atoms with van der Waals surface area (Å²) in [6, 6.07) is 0. The van der Waals surface area contributed by atoms with E-state index < -0.39 is 6.10 Å². The van der Waals surface area contributed by atoms with E-state index in [1.54, 1.807) is 0 Å². The topological polar surface area (TPSA) is 83.5 Å². The minimum atomic E-state index is -0.437.